The number of aryl methyl sites for hydroxylation is 2. The monoisotopic (exact) mass is 519 g/mol. The molecule has 1 atom stereocenters. The Morgan fingerprint density at radius 1 is 0.794 bits per heavy atom. The van der Waals surface area contributed by atoms with Gasteiger partial charge in [-0.15, -0.1) is 0 Å². The van der Waals surface area contributed by atoms with Crippen molar-refractivity contribution in [1.82, 2.24) is 0 Å². The molecular weight excluding hydrogens is 499 g/mol. The number of hydrogen-bond acceptors (Lipinski definition) is 3. The van der Waals surface area contributed by atoms with Gasteiger partial charge in [0.2, 0.25) is 0 Å². The van der Waals surface area contributed by atoms with Gasteiger partial charge in [-0.2, -0.15) is 30.4 Å². The second-order valence-electron chi connectivity index (χ2n) is 7.39. The van der Waals surface area contributed by atoms with Crippen LogP contribution in [0, 0.1) is 13.8 Å². The predicted octanol–water partition coefficient (Wildman–Crippen LogP) is 6.19. The van der Waals surface area contributed by atoms with Crippen molar-refractivity contribution in [2.75, 3.05) is 0 Å². The highest BCUT2D eigenvalue weighted by atomic mass is 32.2. The first-order valence-electron chi connectivity index (χ1n) is 9.77. The Bertz CT molecular complexity index is 1180. The zero-order valence-electron chi connectivity index (χ0n) is 17.9. The topological polar surface area (TPSA) is 63.6 Å². The van der Waals surface area contributed by atoms with E-state index in [9.17, 15) is 30.4 Å². The van der Waals surface area contributed by atoms with Crippen LogP contribution in [0.4, 0.5) is 22.0 Å². The van der Waals surface area contributed by atoms with Gasteiger partial charge in [-0.25, -0.2) is 0 Å². The molecule has 0 aliphatic heterocycles. The minimum absolute atomic E-state index is 0.0970. The Balaban J connectivity index is 2.11. The molecule has 3 aromatic carbocycles. The first-order chi connectivity index (χ1) is 15.7. The van der Waals surface area contributed by atoms with E-state index in [1.54, 1.807) is 0 Å². The summed E-state index contributed by atoms with van der Waals surface area (Å²) in [6.07, 6.45) is -9.88. The van der Waals surface area contributed by atoms with Crippen molar-refractivity contribution >= 4 is 21.0 Å². The lowest BCUT2D eigenvalue weighted by molar-refractivity contribution is -0.239. The van der Waals surface area contributed by atoms with Crippen molar-refractivity contribution in [1.29, 1.82) is 0 Å². The van der Waals surface area contributed by atoms with Gasteiger partial charge in [-0.05, 0) is 49.2 Å². The summed E-state index contributed by atoms with van der Waals surface area (Å²) in [5.41, 5.74) is 0.194. The van der Waals surface area contributed by atoms with E-state index in [1.165, 1.54) is 26.0 Å². The number of ether oxygens (including phenoxy) is 1. The van der Waals surface area contributed by atoms with Crippen LogP contribution in [0.3, 0.4) is 0 Å². The van der Waals surface area contributed by atoms with Crippen molar-refractivity contribution in [2.45, 2.75) is 46.1 Å². The molecule has 0 spiro atoms. The average Bonchev–Trinajstić information content (AvgIpc) is 2.73. The Hall–Kier alpha value is -2.63. The van der Waals surface area contributed by atoms with Crippen LogP contribution in [0.25, 0.3) is 0 Å². The van der Waals surface area contributed by atoms with Crippen LogP contribution in [0.1, 0.15) is 11.1 Å². The first-order valence-corrected chi connectivity index (χ1v) is 12.4. The SMILES string of the molecule is Cc1cc([S+](c2ccccc2)c2ccccc2)cc(C)c1OC(C(F)(F)F)C(F)(F)S(=O)(=O)O. The maximum absolute atomic E-state index is 14.0. The van der Waals surface area contributed by atoms with E-state index in [0.29, 0.717) is 4.90 Å². The fourth-order valence-corrected chi connectivity index (χ4v) is 6.03. The molecule has 0 aliphatic carbocycles. The summed E-state index contributed by atoms with van der Waals surface area (Å²) in [5, 5.41) is -5.61. The molecule has 0 aromatic heterocycles. The smallest absolute Gasteiger partial charge is 0.432 e. The summed E-state index contributed by atoms with van der Waals surface area (Å²) >= 11 is 0. The van der Waals surface area contributed by atoms with Crippen molar-refractivity contribution in [2.24, 2.45) is 0 Å². The number of alkyl halides is 5. The third-order valence-electron chi connectivity index (χ3n) is 4.81. The Morgan fingerprint density at radius 3 is 1.56 bits per heavy atom. The highest BCUT2D eigenvalue weighted by Gasteiger charge is 2.65. The maximum Gasteiger partial charge on any atom is 0.432 e. The summed E-state index contributed by atoms with van der Waals surface area (Å²) in [5.74, 6) is -0.543. The molecule has 0 saturated carbocycles. The Kier molecular flexibility index (Phi) is 7.30. The normalized spacial score (nSPS) is 13.7. The van der Waals surface area contributed by atoms with E-state index in [0.717, 1.165) is 9.79 Å². The van der Waals surface area contributed by atoms with Gasteiger partial charge < -0.3 is 4.74 Å². The molecule has 0 fully saturated rings. The number of hydrogen-bond donors (Lipinski definition) is 1. The Labute approximate surface area is 196 Å². The molecule has 0 radical (unpaired) electrons. The van der Waals surface area contributed by atoms with E-state index >= 15 is 0 Å². The first kappa shape index (κ1) is 26.0. The summed E-state index contributed by atoms with van der Waals surface area (Å²) < 4.78 is 103. The lowest BCUT2D eigenvalue weighted by Gasteiger charge is -2.28. The molecule has 3 aromatic rings. The van der Waals surface area contributed by atoms with Crippen LogP contribution in [0.5, 0.6) is 5.75 Å². The second-order valence-corrected chi connectivity index (χ2v) is 10.9. The van der Waals surface area contributed by atoms with Crippen molar-refractivity contribution < 1.29 is 39.7 Å². The van der Waals surface area contributed by atoms with Crippen molar-refractivity contribution in [3.05, 3.63) is 83.9 Å². The standard InChI is InChI=1S/C23H19F5O4S2/c1-15-13-19(33(17-9-5-3-6-10-17)18-11-7-4-8-12-18)14-16(2)20(15)32-21(22(24,25)26)23(27,28)34(29,30)31/h3-14,21H,1-2H3/p+1. The van der Waals surface area contributed by atoms with E-state index in [-0.39, 0.29) is 11.1 Å². The number of rotatable bonds is 7. The van der Waals surface area contributed by atoms with E-state index in [2.05, 4.69) is 4.74 Å². The van der Waals surface area contributed by atoms with Crippen LogP contribution in [-0.4, -0.2) is 30.5 Å². The summed E-state index contributed by atoms with van der Waals surface area (Å²) in [6, 6.07) is 21.7. The lowest BCUT2D eigenvalue weighted by Crippen LogP contribution is -2.53. The summed E-state index contributed by atoms with van der Waals surface area (Å²) in [7, 11) is -7.07. The molecule has 0 bridgehead atoms. The maximum atomic E-state index is 14.0. The third-order valence-corrected chi connectivity index (χ3v) is 7.91. The van der Waals surface area contributed by atoms with Crippen LogP contribution in [-0.2, 0) is 21.0 Å². The van der Waals surface area contributed by atoms with Gasteiger partial charge in [0.05, 0.1) is 10.9 Å². The number of benzene rings is 3. The third kappa shape index (κ3) is 5.37. The fourth-order valence-electron chi connectivity index (χ4n) is 3.31. The van der Waals surface area contributed by atoms with Gasteiger partial charge in [0.1, 0.15) is 5.75 Å². The molecule has 1 unspecified atom stereocenters. The van der Waals surface area contributed by atoms with Gasteiger partial charge in [0.25, 0.3) is 6.10 Å². The molecule has 3 rings (SSSR count). The molecule has 1 N–H and O–H groups in total. The largest absolute Gasteiger partial charge is 0.473 e. The van der Waals surface area contributed by atoms with Crippen molar-refractivity contribution in [3.63, 3.8) is 0 Å². The van der Waals surface area contributed by atoms with Crippen LogP contribution in [0.15, 0.2) is 87.5 Å². The molecule has 4 nitrogen and oxygen atoms in total. The molecule has 0 saturated heterocycles. The van der Waals surface area contributed by atoms with E-state index in [1.807, 2.05) is 60.7 Å². The quantitative estimate of drug-likeness (QED) is 0.230. The second kappa shape index (κ2) is 9.55. The molecule has 182 valence electrons. The average molecular weight is 520 g/mol. The number of halogens is 5. The molecule has 0 aliphatic rings. The van der Waals surface area contributed by atoms with Gasteiger partial charge in [0.15, 0.2) is 14.7 Å². The highest BCUT2D eigenvalue weighted by Crippen LogP contribution is 2.41. The minimum atomic E-state index is -6.40. The predicted molar refractivity (Wildman–Crippen MR) is 118 cm³/mol. The van der Waals surface area contributed by atoms with Crippen LogP contribution in [0.2, 0.25) is 0 Å². The zero-order chi connectivity index (χ0) is 25.3. The van der Waals surface area contributed by atoms with Gasteiger partial charge >= 0.3 is 21.5 Å². The van der Waals surface area contributed by atoms with Gasteiger partial charge in [-0.1, -0.05) is 36.4 Å². The van der Waals surface area contributed by atoms with Gasteiger partial charge in [0, 0.05) is 12.1 Å². The van der Waals surface area contributed by atoms with Crippen molar-refractivity contribution in [3.8, 4) is 5.75 Å². The summed E-state index contributed by atoms with van der Waals surface area (Å²) in [4.78, 5) is 2.55. The Morgan fingerprint density at radius 2 is 1.21 bits per heavy atom. The zero-order valence-corrected chi connectivity index (χ0v) is 19.5. The molecule has 0 heterocycles. The molecule has 0 amide bonds. The van der Waals surface area contributed by atoms with Crippen LogP contribution < -0.4 is 4.74 Å². The lowest BCUT2D eigenvalue weighted by atomic mass is 10.1. The fraction of sp³-hybridized carbons (Fsp3) is 0.217. The summed E-state index contributed by atoms with van der Waals surface area (Å²) in [6.45, 7) is 2.75. The van der Waals surface area contributed by atoms with E-state index in [4.69, 9.17) is 4.55 Å². The molecule has 34 heavy (non-hydrogen) atoms. The van der Waals surface area contributed by atoms with E-state index < -0.39 is 44.3 Å². The van der Waals surface area contributed by atoms with Crippen LogP contribution >= 0.6 is 0 Å². The molecular formula is C23H20F5O4S2+. The highest BCUT2D eigenvalue weighted by molar-refractivity contribution is 7.97. The molecule has 11 heteroatoms. The minimum Gasteiger partial charge on any atom is -0.473 e. The van der Waals surface area contributed by atoms with Gasteiger partial charge in [-0.3, -0.25) is 4.55 Å².